The van der Waals surface area contributed by atoms with Gasteiger partial charge in [-0.2, -0.15) is 0 Å². The van der Waals surface area contributed by atoms with Crippen molar-refractivity contribution in [2.75, 3.05) is 20.2 Å². The molecule has 2 aromatic carbocycles. The van der Waals surface area contributed by atoms with Crippen LogP contribution in [0.25, 0.3) is 17.0 Å². The minimum Gasteiger partial charge on any atom is -0.497 e. The van der Waals surface area contributed by atoms with E-state index in [1.165, 1.54) is 16.7 Å². The summed E-state index contributed by atoms with van der Waals surface area (Å²) in [5.41, 5.74) is 3.03. The van der Waals surface area contributed by atoms with Crippen molar-refractivity contribution in [3.05, 3.63) is 70.8 Å². The second-order valence-corrected chi connectivity index (χ2v) is 8.68. The van der Waals surface area contributed by atoms with Gasteiger partial charge in [-0.05, 0) is 41.8 Å². The summed E-state index contributed by atoms with van der Waals surface area (Å²) in [4.78, 5) is 30.2. The molecule has 158 valence electrons. The van der Waals surface area contributed by atoms with Gasteiger partial charge in [0.05, 0.1) is 12.0 Å². The summed E-state index contributed by atoms with van der Waals surface area (Å²) >= 11 is 6.53. The zero-order chi connectivity index (χ0) is 21.8. The molecule has 0 bridgehead atoms. The molecule has 0 unspecified atom stereocenters. The van der Waals surface area contributed by atoms with Gasteiger partial charge in [0, 0.05) is 23.6 Å². The van der Waals surface area contributed by atoms with Gasteiger partial charge in [-0.25, -0.2) is 0 Å². The number of amides is 2. The average molecular weight is 452 g/mol. The van der Waals surface area contributed by atoms with E-state index in [0.29, 0.717) is 22.2 Å². The lowest BCUT2D eigenvalue weighted by Crippen LogP contribution is -2.40. The smallest absolute Gasteiger partial charge is 0.266 e. The molecule has 4 rings (SSSR count). The van der Waals surface area contributed by atoms with E-state index >= 15 is 0 Å². The van der Waals surface area contributed by atoms with Crippen LogP contribution < -0.4 is 10.1 Å². The number of nitrogens with zero attached hydrogens (tertiary/aromatic N) is 1. The van der Waals surface area contributed by atoms with Crippen LogP contribution in [0.2, 0.25) is 0 Å². The molecule has 0 spiro atoms. The summed E-state index contributed by atoms with van der Waals surface area (Å²) in [6, 6.07) is 15.4. The monoisotopic (exact) mass is 451 g/mol. The van der Waals surface area contributed by atoms with Crippen LogP contribution in [-0.2, 0) is 16.0 Å². The molecule has 31 heavy (non-hydrogen) atoms. The van der Waals surface area contributed by atoms with Crippen LogP contribution in [0, 0.1) is 0 Å². The van der Waals surface area contributed by atoms with Gasteiger partial charge < -0.3 is 15.0 Å². The number of hydrogen-bond acceptors (Lipinski definition) is 5. The first-order valence-corrected chi connectivity index (χ1v) is 11.0. The van der Waals surface area contributed by atoms with Gasteiger partial charge in [0.15, 0.2) is 0 Å². The molecule has 1 aliphatic heterocycles. The molecule has 0 saturated carbocycles. The molecule has 3 aromatic rings. The normalized spacial score (nSPS) is 15.1. The highest BCUT2D eigenvalue weighted by atomic mass is 32.2. The predicted octanol–water partition coefficient (Wildman–Crippen LogP) is 3.74. The molecule has 8 heteroatoms. The number of ether oxygens (including phenoxy) is 1. The number of rotatable bonds is 7. The van der Waals surface area contributed by atoms with Crippen LogP contribution in [0.5, 0.6) is 5.75 Å². The molecule has 1 aliphatic rings. The number of thioether (sulfide) groups is 1. The molecule has 1 saturated heterocycles. The Bertz CT molecular complexity index is 1170. The average Bonchev–Trinajstić information content (AvgIpc) is 3.30. The summed E-state index contributed by atoms with van der Waals surface area (Å²) in [5, 5.41) is 3.95. The molecule has 0 radical (unpaired) electrons. The molecular formula is C23H21N3O3S2. The van der Waals surface area contributed by atoms with Crippen LogP contribution >= 0.6 is 24.0 Å². The number of thiocarbonyl (C=S) groups is 1. The number of methoxy groups -OCH3 is 1. The molecule has 1 fully saturated rings. The van der Waals surface area contributed by atoms with Gasteiger partial charge in [0.25, 0.3) is 5.91 Å². The molecular weight excluding hydrogens is 430 g/mol. The van der Waals surface area contributed by atoms with Gasteiger partial charge in [-0.1, -0.05) is 54.3 Å². The van der Waals surface area contributed by atoms with Gasteiger partial charge in [-0.3, -0.25) is 14.5 Å². The second kappa shape index (κ2) is 9.36. The minimum atomic E-state index is -0.241. The minimum absolute atomic E-state index is 0.0848. The quantitative estimate of drug-likeness (QED) is 0.423. The highest BCUT2D eigenvalue weighted by molar-refractivity contribution is 8.26. The van der Waals surface area contributed by atoms with Gasteiger partial charge in [-0.15, -0.1) is 0 Å². The third-order valence-corrected chi connectivity index (χ3v) is 6.34. The van der Waals surface area contributed by atoms with Crippen LogP contribution in [-0.4, -0.2) is 46.2 Å². The van der Waals surface area contributed by atoms with Crippen molar-refractivity contribution >= 4 is 57.1 Å². The fourth-order valence-electron chi connectivity index (χ4n) is 3.36. The van der Waals surface area contributed by atoms with Crippen molar-refractivity contribution in [3.63, 3.8) is 0 Å². The number of benzene rings is 2. The molecule has 1 aromatic heterocycles. The maximum Gasteiger partial charge on any atom is 0.266 e. The third-order valence-electron chi connectivity index (χ3n) is 4.96. The topological polar surface area (TPSA) is 74.4 Å². The first-order valence-electron chi connectivity index (χ1n) is 9.76. The summed E-state index contributed by atoms with van der Waals surface area (Å²) < 4.78 is 5.68. The third kappa shape index (κ3) is 4.81. The molecule has 2 N–H and O–H groups in total. The van der Waals surface area contributed by atoms with Crippen LogP contribution in [0.1, 0.15) is 11.1 Å². The lowest BCUT2D eigenvalue weighted by atomic mass is 10.1. The molecule has 0 atom stereocenters. The molecule has 6 nitrogen and oxygen atoms in total. The van der Waals surface area contributed by atoms with E-state index in [1.54, 1.807) is 13.2 Å². The number of aromatic nitrogens is 1. The van der Waals surface area contributed by atoms with Crippen LogP contribution in [0.3, 0.4) is 0 Å². The van der Waals surface area contributed by atoms with Crippen molar-refractivity contribution < 1.29 is 14.3 Å². The highest BCUT2D eigenvalue weighted by Gasteiger charge is 2.33. The standard InChI is InChI=1S/C23H21N3O3S2/c1-29-17-7-8-19-18(12-17)16(13-25-19)9-10-24-21(27)14-26-22(28)20(31-23(26)30)11-15-5-3-2-4-6-15/h2-8,11-13,25H,9-10,14H2,1H3,(H,24,27)/b20-11+. The van der Waals surface area contributed by atoms with Crippen molar-refractivity contribution in [1.29, 1.82) is 0 Å². The SMILES string of the molecule is COc1ccc2[nH]cc(CCNC(=O)CN3C(=O)/C(=C\c4ccccc4)SC3=S)c2c1. The summed E-state index contributed by atoms with van der Waals surface area (Å²) in [6.07, 6.45) is 4.39. The van der Waals surface area contributed by atoms with E-state index in [1.807, 2.05) is 54.7 Å². The van der Waals surface area contributed by atoms with Crippen molar-refractivity contribution in [2.45, 2.75) is 6.42 Å². The van der Waals surface area contributed by atoms with E-state index in [9.17, 15) is 9.59 Å². The summed E-state index contributed by atoms with van der Waals surface area (Å²) in [6.45, 7) is 0.371. The van der Waals surface area contributed by atoms with E-state index in [4.69, 9.17) is 17.0 Å². The number of H-pyrrole nitrogens is 1. The molecule has 0 aliphatic carbocycles. The maximum absolute atomic E-state index is 12.7. The van der Waals surface area contributed by atoms with Gasteiger partial charge in [0.1, 0.15) is 16.6 Å². The predicted molar refractivity (Wildman–Crippen MR) is 128 cm³/mol. The Morgan fingerprint density at radius 1 is 1.26 bits per heavy atom. The Labute approximate surface area is 189 Å². The number of fused-ring (bicyclic) bond motifs is 1. The lowest BCUT2D eigenvalue weighted by Gasteiger charge is -2.14. The maximum atomic E-state index is 12.7. The number of aromatic amines is 1. The second-order valence-electron chi connectivity index (χ2n) is 7.00. The van der Waals surface area contributed by atoms with Crippen molar-refractivity contribution in [2.24, 2.45) is 0 Å². The van der Waals surface area contributed by atoms with E-state index in [0.717, 1.165) is 27.8 Å². The first-order chi connectivity index (χ1) is 15.0. The van der Waals surface area contributed by atoms with Crippen LogP contribution in [0.4, 0.5) is 0 Å². The van der Waals surface area contributed by atoms with Crippen molar-refractivity contribution in [1.82, 2.24) is 15.2 Å². The van der Waals surface area contributed by atoms with Crippen LogP contribution in [0.15, 0.2) is 59.6 Å². The Kier molecular flexibility index (Phi) is 6.39. The van der Waals surface area contributed by atoms with E-state index in [-0.39, 0.29) is 18.4 Å². The lowest BCUT2D eigenvalue weighted by molar-refractivity contribution is -0.128. The Hall–Kier alpha value is -3.10. The number of nitrogens with one attached hydrogen (secondary N) is 2. The number of carbonyl (C=O) groups excluding carboxylic acids is 2. The largest absolute Gasteiger partial charge is 0.497 e. The Morgan fingerprint density at radius 2 is 2.06 bits per heavy atom. The van der Waals surface area contributed by atoms with Gasteiger partial charge >= 0.3 is 0 Å². The van der Waals surface area contributed by atoms with E-state index < -0.39 is 0 Å². The fraction of sp³-hybridized carbons (Fsp3) is 0.174. The first kappa shape index (κ1) is 21.1. The number of hydrogen-bond donors (Lipinski definition) is 2. The van der Waals surface area contributed by atoms with E-state index in [2.05, 4.69) is 10.3 Å². The Morgan fingerprint density at radius 3 is 2.84 bits per heavy atom. The molecule has 2 amide bonds. The summed E-state index contributed by atoms with van der Waals surface area (Å²) in [5.74, 6) is 0.308. The van der Waals surface area contributed by atoms with Gasteiger partial charge in [0.2, 0.25) is 5.91 Å². The summed E-state index contributed by atoms with van der Waals surface area (Å²) in [7, 11) is 1.64. The zero-order valence-electron chi connectivity index (χ0n) is 16.9. The zero-order valence-corrected chi connectivity index (χ0v) is 18.5. The highest BCUT2D eigenvalue weighted by Crippen LogP contribution is 2.32. The van der Waals surface area contributed by atoms with Crippen molar-refractivity contribution in [3.8, 4) is 5.75 Å². The number of carbonyl (C=O) groups is 2. The Balaban J connectivity index is 1.33. The molecule has 2 heterocycles. The fourth-order valence-corrected chi connectivity index (χ4v) is 4.62.